The molecule has 0 aliphatic heterocycles. The van der Waals surface area contributed by atoms with E-state index in [0.29, 0.717) is 11.1 Å². The highest BCUT2D eigenvalue weighted by atomic mass is 79.9. The second-order valence-corrected chi connectivity index (χ2v) is 5.78. The van der Waals surface area contributed by atoms with Gasteiger partial charge in [0.05, 0.1) is 4.47 Å². The topological polar surface area (TPSA) is 17.1 Å². The van der Waals surface area contributed by atoms with Gasteiger partial charge in [0, 0.05) is 26.6 Å². The van der Waals surface area contributed by atoms with E-state index in [2.05, 4.69) is 15.9 Å². The zero-order valence-corrected chi connectivity index (χ0v) is 12.1. The number of halogens is 2. The minimum absolute atomic E-state index is 0.163. The Morgan fingerprint density at radius 3 is 2.68 bits per heavy atom. The molecule has 0 bridgehead atoms. The third-order valence-corrected chi connectivity index (χ3v) is 4.69. The Kier molecular flexibility index (Phi) is 3.21. The lowest BCUT2D eigenvalue weighted by Gasteiger charge is -2.03. The standard InChI is InChI=1S/C15H8BrFOS/c16-14-10(5-3-6-12(14)17)15(18)11-8-19-13-7-2-1-4-9(11)13/h1-8H. The zero-order chi connectivity index (χ0) is 13.4. The van der Waals surface area contributed by atoms with E-state index in [9.17, 15) is 9.18 Å². The van der Waals surface area contributed by atoms with Crippen molar-refractivity contribution in [1.82, 2.24) is 0 Å². The van der Waals surface area contributed by atoms with Crippen molar-refractivity contribution in [2.24, 2.45) is 0 Å². The summed E-state index contributed by atoms with van der Waals surface area (Å²) >= 11 is 4.66. The summed E-state index contributed by atoms with van der Waals surface area (Å²) < 4.78 is 14.8. The summed E-state index contributed by atoms with van der Waals surface area (Å²) in [6, 6.07) is 12.2. The lowest BCUT2D eigenvalue weighted by molar-refractivity contribution is 0.103. The molecule has 0 unspecified atom stereocenters. The third kappa shape index (κ3) is 2.11. The van der Waals surface area contributed by atoms with Gasteiger partial charge in [-0.25, -0.2) is 4.39 Å². The van der Waals surface area contributed by atoms with Crippen LogP contribution in [0.5, 0.6) is 0 Å². The first-order valence-electron chi connectivity index (χ1n) is 5.63. The molecule has 1 nitrogen and oxygen atoms in total. The predicted octanol–water partition coefficient (Wildman–Crippen LogP) is 5.03. The molecular formula is C15H8BrFOS. The van der Waals surface area contributed by atoms with E-state index in [-0.39, 0.29) is 10.3 Å². The number of ketones is 1. The van der Waals surface area contributed by atoms with E-state index in [1.54, 1.807) is 12.1 Å². The molecule has 0 atom stereocenters. The normalized spacial score (nSPS) is 10.8. The first-order valence-corrected chi connectivity index (χ1v) is 7.30. The van der Waals surface area contributed by atoms with Crippen molar-refractivity contribution in [2.45, 2.75) is 0 Å². The minimum atomic E-state index is -0.426. The van der Waals surface area contributed by atoms with Gasteiger partial charge in [-0.1, -0.05) is 24.3 Å². The van der Waals surface area contributed by atoms with Crippen LogP contribution in [0.1, 0.15) is 15.9 Å². The summed E-state index contributed by atoms with van der Waals surface area (Å²) in [6.07, 6.45) is 0. The lowest BCUT2D eigenvalue weighted by Crippen LogP contribution is -2.02. The number of thiophene rings is 1. The van der Waals surface area contributed by atoms with Crippen LogP contribution in [-0.2, 0) is 0 Å². The van der Waals surface area contributed by atoms with Gasteiger partial charge < -0.3 is 0 Å². The first-order chi connectivity index (χ1) is 9.18. The molecule has 3 aromatic rings. The number of hydrogen-bond donors (Lipinski definition) is 0. The van der Waals surface area contributed by atoms with Crippen LogP contribution in [0.3, 0.4) is 0 Å². The van der Waals surface area contributed by atoms with E-state index < -0.39 is 5.82 Å². The largest absolute Gasteiger partial charge is 0.289 e. The van der Waals surface area contributed by atoms with E-state index in [4.69, 9.17) is 0 Å². The smallest absolute Gasteiger partial charge is 0.195 e. The Labute approximate surface area is 121 Å². The number of carbonyl (C=O) groups is 1. The molecule has 0 amide bonds. The van der Waals surface area contributed by atoms with Crippen LogP contribution in [-0.4, -0.2) is 5.78 Å². The van der Waals surface area contributed by atoms with Crippen molar-refractivity contribution in [3.8, 4) is 0 Å². The van der Waals surface area contributed by atoms with Crippen molar-refractivity contribution in [1.29, 1.82) is 0 Å². The Hall–Kier alpha value is -1.52. The van der Waals surface area contributed by atoms with Gasteiger partial charge in [-0.15, -0.1) is 11.3 Å². The molecule has 4 heteroatoms. The van der Waals surface area contributed by atoms with Crippen LogP contribution in [0.2, 0.25) is 0 Å². The van der Waals surface area contributed by atoms with Crippen LogP contribution < -0.4 is 0 Å². The Bertz CT molecular complexity index is 779. The quantitative estimate of drug-likeness (QED) is 0.600. The fourth-order valence-electron chi connectivity index (χ4n) is 1.98. The molecule has 0 radical (unpaired) electrons. The van der Waals surface area contributed by atoms with Crippen molar-refractivity contribution in [3.63, 3.8) is 0 Å². The first kappa shape index (κ1) is 12.5. The maximum Gasteiger partial charge on any atom is 0.195 e. The molecule has 94 valence electrons. The highest BCUT2D eigenvalue weighted by Gasteiger charge is 2.18. The second kappa shape index (κ2) is 4.87. The van der Waals surface area contributed by atoms with Crippen molar-refractivity contribution >= 4 is 43.1 Å². The van der Waals surface area contributed by atoms with E-state index in [1.807, 2.05) is 29.6 Å². The van der Waals surface area contributed by atoms with Crippen molar-refractivity contribution < 1.29 is 9.18 Å². The molecule has 0 saturated heterocycles. The molecule has 19 heavy (non-hydrogen) atoms. The molecule has 0 saturated carbocycles. The fraction of sp³-hybridized carbons (Fsp3) is 0. The number of carbonyl (C=O) groups excluding carboxylic acids is 1. The summed E-state index contributed by atoms with van der Waals surface area (Å²) in [6.45, 7) is 0. The highest BCUT2D eigenvalue weighted by Crippen LogP contribution is 2.30. The third-order valence-electron chi connectivity index (χ3n) is 2.92. The molecule has 1 heterocycles. The van der Waals surface area contributed by atoms with Crippen LogP contribution in [0.25, 0.3) is 10.1 Å². The summed E-state index contributed by atoms with van der Waals surface area (Å²) in [7, 11) is 0. The SMILES string of the molecule is O=C(c1cccc(F)c1Br)c1csc2ccccc12. The van der Waals surface area contributed by atoms with Gasteiger partial charge in [-0.3, -0.25) is 4.79 Å². The maximum absolute atomic E-state index is 13.5. The number of rotatable bonds is 2. The highest BCUT2D eigenvalue weighted by molar-refractivity contribution is 9.10. The number of fused-ring (bicyclic) bond motifs is 1. The Morgan fingerprint density at radius 1 is 1.05 bits per heavy atom. The Morgan fingerprint density at radius 2 is 1.84 bits per heavy atom. The van der Waals surface area contributed by atoms with Crippen molar-refractivity contribution in [2.75, 3.05) is 0 Å². The second-order valence-electron chi connectivity index (χ2n) is 4.08. The van der Waals surface area contributed by atoms with Crippen LogP contribution >= 0.6 is 27.3 Å². The lowest BCUT2D eigenvalue weighted by atomic mass is 10.0. The number of benzene rings is 2. The van der Waals surface area contributed by atoms with Gasteiger partial charge in [-0.05, 0) is 34.1 Å². The van der Waals surface area contributed by atoms with Gasteiger partial charge >= 0.3 is 0 Å². The summed E-state index contributed by atoms with van der Waals surface area (Å²) in [4.78, 5) is 12.5. The van der Waals surface area contributed by atoms with Crippen LogP contribution in [0, 0.1) is 5.82 Å². The zero-order valence-electron chi connectivity index (χ0n) is 9.69. The fourth-order valence-corrected chi connectivity index (χ4v) is 3.36. The molecule has 0 fully saturated rings. The summed E-state index contributed by atoms with van der Waals surface area (Å²) in [5, 5.41) is 2.73. The minimum Gasteiger partial charge on any atom is -0.289 e. The van der Waals surface area contributed by atoms with Gasteiger partial charge in [0.25, 0.3) is 0 Å². The van der Waals surface area contributed by atoms with Gasteiger partial charge in [0.1, 0.15) is 5.82 Å². The Balaban J connectivity index is 2.17. The average molecular weight is 335 g/mol. The summed E-state index contributed by atoms with van der Waals surface area (Å²) in [5.41, 5.74) is 0.968. The maximum atomic E-state index is 13.5. The summed E-state index contributed by atoms with van der Waals surface area (Å²) in [5.74, 6) is -0.589. The molecule has 0 spiro atoms. The molecule has 1 aromatic heterocycles. The molecule has 2 aromatic carbocycles. The van der Waals surface area contributed by atoms with Crippen LogP contribution in [0.4, 0.5) is 4.39 Å². The molecule has 0 N–H and O–H groups in total. The number of hydrogen-bond acceptors (Lipinski definition) is 2. The van der Waals surface area contributed by atoms with Crippen LogP contribution in [0.15, 0.2) is 52.3 Å². The van der Waals surface area contributed by atoms with Gasteiger partial charge in [0.15, 0.2) is 5.78 Å². The predicted molar refractivity (Wildman–Crippen MR) is 79.4 cm³/mol. The van der Waals surface area contributed by atoms with E-state index in [1.165, 1.54) is 17.4 Å². The van der Waals surface area contributed by atoms with Gasteiger partial charge in [-0.2, -0.15) is 0 Å². The van der Waals surface area contributed by atoms with Crippen molar-refractivity contribution in [3.05, 3.63) is 69.3 Å². The van der Waals surface area contributed by atoms with E-state index >= 15 is 0 Å². The average Bonchev–Trinajstić information content (AvgIpc) is 2.85. The van der Waals surface area contributed by atoms with E-state index in [0.717, 1.165) is 10.1 Å². The monoisotopic (exact) mass is 334 g/mol. The molecule has 0 aliphatic carbocycles. The van der Waals surface area contributed by atoms with Gasteiger partial charge in [0.2, 0.25) is 0 Å². The molecule has 3 rings (SSSR count). The molecule has 0 aliphatic rings. The molecular weight excluding hydrogens is 327 g/mol.